The number of aromatic nitrogens is 4. The Morgan fingerprint density at radius 2 is 2.25 bits per heavy atom. The Balaban J connectivity index is 2.65. The summed E-state index contributed by atoms with van der Waals surface area (Å²) in [5, 5.41) is 19.3. The molecular formula is C8H10N6O2. The Morgan fingerprint density at radius 1 is 1.56 bits per heavy atom. The average molecular weight is 222 g/mol. The van der Waals surface area contributed by atoms with Gasteiger partial charge in [0.15, 0.2) is 11.6 Å². The molecule has 0 atom stereocenters. The first-order valence-electron chi connectivity index (χ1n) is 4.40. The lowest BCUT2D eigenvalue weighted by atomic mass is 10.2. The van der Waals surface area contributed by atoms with Crippen LogP contribution in [0.1, 0.15) is 16.1 Å². The summed E-state index contributed by atoms with van der Waals surface area (Å²) < 4.78 is 1.18. The number of carbonyl (C=O) groups is 1. The molecule has 0 saturated carbocycles. The van der Waals surface area contributed by atoms with Crippen LogP contribution in [0.4, 0.5) is 11.5 Å². The lowest BCUT2D eigenvalue weighted by Crippen LogP contribution is -2.09. The minimum Gasteiger partial charge on any atom is -0.477 e. The van der Waals surface area contributed by atoms with Crippen LogP contribution in [0.25, 0.3) is 5.82 Å². The number of aryl methyl sites for hydroxylation is 1. The highest BCUT2D eigenvalue weighted by Crippen LogP contribution is 2.21. The normalized spacial score (nSPS) is 10.6. The van der Waals surface area contributed by atoms with E-state index in [1.807, 2.05) is 0 Å². The Labute approximate surface area is 89.9 Å². The fourth-order valence-electron chi connectivity index (χ4n) is 1.36. The summed E-state index contributed by atoms with van der Waals surface area (Å²) in [5.74, 6) is -0.817. The monoisotopic (exact) mass is 222 g/mol. The molecule has 8 heteroatoms. The van der Waals surface area contributed by atoms with Crippen molar-refractivity contribution in [2.24, 2.45) is 0 Å². The molecule has 6 N–H and O–H groups in total. The summed E-state index contributed by atoms with van der Waals surface area (Å²) in [6.07, 6.45) is 1.34. The third-order valence-corrected chi connectivity index (χ3v) is 2.18. The SMILES string of the molecule is Cc1[nH]nc(-n2ncc(N)c2N)c1C(=O)O. The van der Waals surface area contributed by atoms with Crippen LogP contribution in [0.5, 0.6) is 0 Å². The van der Waals surface area contributed by atoms with Crippen molar-refractivity contribution in [3.63, 3.8) is 0 Å². The molecule has 2 aromatic rings. The number of H-pyrrole nitrogens is 1. The van der Waals surface area contributed by atoms with E-state index in [9.17, 15) is 4.79 Å². The smallest absolute Gasteiger partial charge is 0.341 e. The van der Waals surface area contributed by atoms with Crippen LogP contribution in [0, 0.1) is 6.92 Å². The molecule has 8 nitrogen and oxygen atoms in total. The van der Waals surface area contributed by atoms with Gasteiger partial charge in [0.05, 0.1) is 11.9 Å². The third-order valence-electron chi connectivity index (χ3n) is 2.18. The molecule has 84 valence electrons. The number of hydrogen-bond donors (Lipinski definition) is 4. The molecule has 0 aromatic carbocycles. The standard InChI is InChI=1S/C8H10N6O2/c1-3-5(8(15)16)7(13-12-3)14-6(10)4(9)2-11-14/h2H,9-10H2,1H3,(H,12,13)(H,15,16). The summed E-state index contributed by atoms with van der Waals surface area (Å²) in [5.41, 5.74) is 11.9. The number of carboxylic acid groups (broad SMARTS) is 1. The number of hydrogen-bond acceptors (Lipinski definition) is 5. The predicted octanol–water partition coefficient (Wildman–Crippen LogP) is -0.234. The fourth-order valence-corrected chi connectivity index (χ4v) is 1.36. The second-order valence-electron chi connectivity index (χ2n) is 3.25. The van der Waals surface area contributed by atoms with Crippen molar-refractivity contribution in [2.75, 3.05) is 11.5 Å². The number of anilines is 2. The molecule has 0 saturated heterocycles. The largest absolute Gasteiger partial charge is 0.477 e. The number of rotatable bonds is 2. The van der Waals surface area contributed by atoms with Gasteiger partial charge in [-0.15, -0.1) is 0 Å². The molecule has 2 heterocycles. The summed E-state index contributed by atoms with van der Waals surface area (Å²) in [6, 6.07) is 0. The number of nitrogens with one attached hydrogen (secondary N) is 1. The van der Waals surface area contributed by atoms with Crippen molar-refractivity contribution in [1.82, 2.24) is 20.0 Å². The molecule has 0 bridgehead atoms. The van der Waals surface area contributed by atoms with Gasteiger partial charge in [-0.1, -0.05) is 0 Å². The zero-order valence-electron chi connectivity index (χ0n) is 8.43. The van der Waals surface area contributed by atoms with E-state index in [0.29, 0.717) is 5.69 Å². The second-order valence-corrected chi connectivity index (χ2v) is 3.25. The van der Waals surface area contributed by atoms with Gasteiger partial charge in [-0.3, -0.25) is 5.10 Å². The first kappa shape index (κ1) is 10.0. The van der Waals surface area contributed by atoms with Crippen molar-refractivity contribution in [3.8, 4) is 5.82 Å². The molecule has 2 aromatic heterocycles. The van der Waals surface area contributed by atoms with Gasteiger partial charge >= 0.3 is 5.97 Å². The van der Waals surface area contributed by atoms with Gasteiger partial charge in [0.25, 0.3) is 0 Å². The first-order chi connectivity index (χ1) is 7.52. The van der Waals surface area contributed by atoms with Crippen molar-refractivity contribution in [2.45, 2.75) is 6.92 Å². The average Bonchev–Trinajstić information content (AvgIpc) is 2.72. The summed E-state index contributed by atoms with van der Waals surface area (Å²) in [7, 11) is 0. The maximum Gasteiger partial charge on any atom is 0.341 e. The second kappa shape index (κ2) is 3.26. The van der Waals surface area contributed by atoms with E-state index in [1.54, 1.807) is 6.92 Å². The fraction of sp³-hybridized carbons (Fsp3) is 0.125. The first-order valence-corrected chi connectivity index (χ1v) is 4.40. The molecule has 2 rings (SSSR count). The van der Waals surface area contributed by atoms with Crippen molar-refractivity contribution < 1.29 is 9.90 Å². The molecular weight excluding hydrogens is 212 g/mol. The van der Waals surface area contributed by atoms with Gasteiger partial charge in [-0.25, -0.2) is 4.79 Å². The number of aromatic amines is 1. The number of nitrogens with zero attached hydrogens (tertiary/aromatic N) is 3. The molecule has 0 aliphatic carbocycles. The number of carboxylic acids is 1. The van der Waals surface area contributed by atoms with Crippen LogP contribution in [0.15, 0.2) is 6.20 Å². The molecule has 0 radical (unpaired) electrons. The number of aromatic carboxylic acids is 1. The van der Waals surface area contributed by atoms with Crippen LogP contribution < -0.4 is 11.5 Å². The van der Waals surface area contributed by atoms with Gasteiger partial charge < -0.3 is 16.6 Å². The highest BCUT2D eigenvalue weighted by atomic mass is 16.4. The quantitative estimate of drug-likeness (QED) is 0.554. The Morgan fingerprint density at radius 3 is 2.75 bits per heavy atom. The lowest BCUT2D eigenvalue weighted by molar-refractivity contribution is 0.0696. The van der Waals surface area contributed by atoms with Crippen LogP contribution in [-0.4, -0.2) is 31.1 Å². The predicted molar refractivity (Wildman–Crippen MR) is 56.2 cm³/mol. The molecule has 0 unspecified atom stereocenters. The minimum absolute atomic E-state index is 0.0230. The van der Waals surface area contributed by atoms with Gasteiger partial charge in [0.1, 0.15) is 5.56 Å². The summed E-state index contributed by atoms with van der Waals surface area (Å²) in [6.45, 7) is 1.60. The van der Waals surface area contributed by atoms with Crippen LogP contribution in [-0.2, 0) is 0 Å². The molecule has 16 heavy (non-hydrogen) atoms. The minimum atomic E-state index is -1.10. The maximum absolute atomic E-state index is 11.0. The van der Waals surface area contributed by atoms with E-state index in [2.05, 4.69) is 15.3 Å². The summed E-state index contributed by atoms with van der Waals surface area (Å²) >= 11 is 0. The third kappa shape index (κ3) is 1.28. The lowest BCUT2D eigenvalue weighted by Gasteiger charge is -2.01. The van der Waals surface area contributed by atoms with E-state index < -0.39 is 5.97 Å². The Hall–Kier alpha value is -2.51. The molecule has 0 fully saturated rings. The molecule has 0 amide bonds. The summed E-state index contributed by atoms with van der Waals surface area (Å²) in [4.78, 5) is 11.0. The van der Waals surface area contributed by atoms with Crippen molar-refractivity contribution in [3.05, 3.63) is 17.5 Å². The van der Waals surface area contributed by atoms with Crippen LogP contribution >= 0.6 is 0 Å². The van der Waals surface area contributed by atoms with E-state index >= 15 is 0 Å². The zero-order chi connectivity index (χ0) is 11.9. The Bertz CT molecular complexity index is 555. The zero-order valence-corrected chi connectivity index (χ0v) is 8.43. The van der Waals surface area contributed by atoms with Gasteiger partial charge in [-0.05, 0) is 6.92 Å². The Kier molecular flexibility index (Phi) is 2.04. The van der Waals surface area contributed by atoms with Gasteiger partial charge in [-0.2, -0.15) is 14.9 Å². The van der Waals surface area contributed by atoms with E-state index in [-0.39, 0.29) is 22.9 Å². The van der Waals surface area contributed by atoms with E-state index in [1.165, 1.54) is 10.9 Å². The van der Waals surface area contributed by atoms with Crippen molar-refractivity contribution in [1.29, 1.82) is 0 Å². The number of nitrogens with two attached hydrogens (primary N) is 2. The van der Waals surface area contributed by atoms with Crippen molar-refractivity contribution >= 4 is 17.5 Å². The van der Waals surface area contributed by atoms with E-state index in [0.717, 1.165) is 0 Å². The van der Waals surface area contributed by atoms with Gasteiger partial charge in [0.2, 0.25) is 0 Å². The van der Waals surface area contributed by atoms with E-state index in [4.69, 9.17) is 16.6 Å². The maximum atomic E-state index is 11.0. The van der Waals surface area contributed by atoms with Crippen LogP contribution in [0.2, 0.25) is 0 Å². The highest BCUT2D eigenvalue weighted by Gasteiger charge is 2.21. The van der Waals surface area contributed by atoms with Gasteiger partial charge in [0, 0.05) is 5.69 Å². The van der Waals surface area contributed by atoms with Crippen LogP contribution in [0.3, 0.4) is 0 Å². The topological polar surface area (TPSA) is 136 Å². The molecule has 0 spiro atoms. The molecule has 0 aliphatic heterocycles. The molecule has 0 aliphatic rings. The number of nitrogen functional groups attached to an aromatic ring is 2. The highest BCUT2D eigenvalue weighted by molar-refractivity contribution is 5.92.